The van der Waals surface area contributed by atoms with Crippen molar-refractivity contribution in [3.63, 3.8) is 0 Å². The van der Waals surface area contributed by atoms with Gasteiger partial charge in [0.2, 0.25) is 5.91 Å². The van der Waals surface area contributed by atoms with E-state index < -0.39 is 5.97 Å². The van der Waals surface area contributed by atoms with E-state index in [1.165, 1.54) is 0 Å². The van der Waals surface area contributed by atoms with Crippen LogP contribution in [-0.2, 0) is 14.3 Å². The first-order valence-corrected chi connectivity index (χ1v) is 5.81. The van der Waals surface area contributed by atoms with Gasteiger partial charge < -0.3 is 10.1 Å². The minimum Gasteiger partial charge on any atom is -0.463 e. The van der Waals surface area contributed by atoms with Crippen LogP contribution in [0.5, 0.6) is 0 Å². The van der Waals surface area contributed by atoms with Gasteiger partial charge in [0, 0.05) is 18.7 Å². The summed E-state index contributed by atoms with van der Waals surface area (Å²) >= 11 is 0. The van der Waals surface area contributed by atoms with Gasteiger partial charge >= 0.3 is 5.97 Å². The first-order valence-electron chi connectivity index (χ1n) is 5.81. The van der Waals surface area contributed by atoms with Gasteiger partial charge in [-0.15, -0.1) is 0 Å². The minimum absolute atomic E-state index is 0.0500. The molecule has 0 bridgehead atoms. The lowest BCUT2D eigenvalue weighted by Crippen LogP contribution is -2.37. The number of amides is 1. The van der Waals surface area contributed by atoms with Crippen LogP contribution in [0.15, 0.2) is 12.2 Å². The number of nitrogens with zero attached hydrogens (tertiary/aromatic N) is 1. The fraction of sp³-hybridized carbons (Fsp3) is 0.667. The summed E-state index contributed by atoms with van der Waals surface area (Å²) in [4.78, 5) is 24.4. The fourth-order valence-electron chi connectivity index (χ4n) is 1.24. The number of likely N-dealkylation sites (N-methyl/N-ethyl adjacent to an activating group) is 1. The molecule has 0 saturated heterocycles. The third-order valence-corrected chi connectivity index (χ3v) is 2.01. The second-order valence-electron chi connectivity index (χ2n) is 3.85. The number of carbonyl (C=O) groups excluding carboxylic acids is 2. The topological polar surface area (TPSA) is 58.6 Å². The highest BCUT2D eigenvalue weighted by Gasteiger charge is 2.12. The van der Waals surface area contributed by atoms with Crippen LogP contribution < -0.4 is 5.32 Å². The zero-order valence-electron chi connectivity index (χ0n) is 10.9. The zero-order chi connectivity index (χ0) is 13.3. The second-order valence-corrected chi connectivity index (χ2v) is 3.85. The van der Waals surface area contributed by atoms with Gasteiger partial charge in [-0.25, -0.2) is 4.79 Å². The molecule has 1 amide bonds. The summed E-state index contributed by atoms with van der Waals surface area (Å²) in [5.41, 5.74) is 0.359. The Labute approximate surface area is 103 Å². The number of hydrogen-bond donors (Lipinski definition) is 1. The molecule has 0 aromatic heterocycles. The molecule has 0 atom stereocenters. The molecule has 0 rings (SSSR count). The van der Waals surface area contributed by atoms with Gasteiger partial charge in [0.05, 0.1) is 13.2 Å². The Morgan fingerprint density at radius 1 is 1.29 bits per heavy atom. The molecule has 5 nitrogen and oxygen atoms in total. The van der Waals surface area contributed by atoms with Crippen molar-refractivity contribution in [2.75, 3.05) is 33.3 Å². The molecule has 0 aliphatic carbocycles. The van der Waals surface area contributed by atoms with Gasteiger partial charge in [-0.1, -0.05) is 13.5 Å². The van der Waals surface area contributed by atoms with E-state index in [9.17, 15) is 9.59 Å². The Hall–Kier alpha value is -1.36. The lowest BCUT2D eigenvalue weighted by molar-refractivity contribution is -0.139. The number of rotatable bonds is 8. The average molecular weight is 242 g/mol. The molecule has 0 aliphatic rings. The Bertz CT molecular complexity index is 277. The van der Waals surface area contributed by atoms with Crippen LogP contribution in [0, 0.1) is 0 Å². The minimum atomic E-state index is -0.409. The number of nitrogens with one attached hydrogen (secondary N) is 1. The summed E-state index contributed by atoms with van der Waals surface area (Å²) in [5, 5.41) is 2.76. The molecule has 0 heterocycles. The molecule has 0 fully saturated rings. The standard InChI is InChI=1S/C12H22N2O3/c1-5-7-13-11(15)9-14(4)8-10(3)12(16)17-6-2/h3,5-9H2,1-2,4H3,(H,13,15). The van der Waals surface area contributed by atoms with Crippen LogP contribution in [0.4, 0.5) is 0 Å². The predicted molar refractivity (Wildman–Crippen MR) is 66.6 cm³/mol. The van der Waals surface area contributed by atoms with Crippen molar-refractivity contribution in [2.45, 2.75) is 20.3 Å². The zero-order valence-corrected chi connectivity index (χ0v) is 10.9. The lowest BCUT2D eigenvalue weighted by atomic mass is 10.3. The fourth-order valence-corrected chi connectivity index (χ4v) is 1.24. The van der Waals surface area contributed by atoms with Gasteiger partial charge in [0.1, 0.15) is 0 Å². The largest absolute Gasteiger partial charge is 0.463 e. The van der Waals surface area contributed by atoms with Crippen molar-refractivity contribution in [2.24, 2.45) is 0 Å². The molecule has 0 saturated carbocycles. The molecule has 0 spiro atoms. The summed E-state index contributed by atoms with van der Waals surface area (Å²) in [6.45, 7) is 8.95. The first kappa shape index (κ1) is 15.6. The average Bonchev–Trinajstić information content (AvgIpc) is 2.26. The SMILES string of the molecule is C=C(CN(C)CC(=O)NCCC)C(=O)OCC. The van der Waals surface area contributed by atoms with Crippen molar-refractivity contribution in [3.8, 4) is 0 Å². The highest BCUT2D eigenvalue weighted by molar-refractivity contribution is 5.88. The van der Waals surface area contributed by atoms with E-state index in [1.807, 2.05) is 6.92 Å². The maximum atomic E-state index is 11.4. The van der Waals surface area contributed by atoms with E-state index in [1.54, 1.807) is 18.9 Å². The summed E-state index contributed by atoms with van der Waals surface area (Å²) in [6, 6.07) is 0. The number of ether oxygens (including phenoxy) is 1. The van der Waals surface area contributed by atoms with E-state index in [0.717, 1.165) is 6.42 Å². The van der Waals surface area contributed by atoms with E-state index in [0.29, 0.717) is 25.3 Å². The van der Waals surface area contributed by atoms with E-state index in [2.05, 4.69) is 11.9 Å². The quantitative estimate of drug-likeness (QED) is 0.499. The molecule has 17 heavy (non-hydrogen) atoms. The van der Waals surface area contributed by atoms with Gasteiger partial charge in [-0.2, -0.15) is 0 Å². The van der Waals surface area contributed by atoms with Crippen LogP contribution >= 0.6 is 0 Å². The Morgan fingerprint density at radius 3 is 2.47 bits per heavy atom. The molecular weight excluding hydrogens is 220 g/mol. The molecule has 5 heteroatoms. The van der Waals surface area contributed by atoms with Crippen LogP contribution in [-0.4, -0.2) is 50.1 Å². The maximum Gasteiger partial charge on any atom is 0.334 e. The normalized spacial score (nSPS) is 10.1. The summed E-state index contributed by atoms with van der Waals surface area (Å²) < 4.78 is 4.81. The van der Waals surface area contributed by atoms with Gasteiger partial charge in [-0.05, 0) is 20.4 Å². The second kappa shape index (κ2) is 8.75. The molecule has 98 valence electrons. The molecular formula is C12H22N2O3. The molecule has 0 radical (unpaired) electrons. The molecule has 0 aliphatic heterocycles. The monoisotopic (exact) mass is 242 g/mol. The highest BCUT2D eigenvalue weighted by Crippen LogP contribution is 1.97. The van der Waals surface area contributed by atoms with Gasteiger partial charge in [0.25, 0.3) is 0 Å². The molecule has 0 aromatic carbocycles. The van der Waals surface area contributed by atoms with Crippen molar-refractivity contribution in [1.29, 1.82) is 0 Å². The number of carbonyl (C=O) groups is 2. The summed E-state index contributed by atoms with van der Waals surface area (Å²) in [6.07, 6.45) is 0.908. The van der Waals surface area contributed by atoms with Gasteiger partial charge in [0.15, 0.2) is 0 Å². The Kier molecular flexibility index (Phi) is 8.05. The van der Waals surface area contributed by atoms with Crippen LogP contribution in [0.1, 0.15) is 20.3 Å². The Balaban J connectivity index is 3.92. The van der Waals surface area contributed by atoms with E-state index >= 15 is 0 Å². The first-order chi connectivity index (χ1) is 8.01. The summed E-state index contributed by atoms with van der Waals surface area (Å²) in [5.74, 6) is -0.459. The third-order valence-electron chi connectivity index (χ3n) is 2.01. The Morgan fingerprint density at radius 2 is 1.94 bits per heavy atom. The third kappa shape index (κ3) is 7.52. The summed E-state index contributed by atoms with van der Waals surface area (Å²) in [7, 11) is 1.76. The smallest absolute Gasteiger partial charge is 0.334 e. The number of hydrogen-bond acceptors (Lipinski definition) is 4. The lowest BCUT2D eigenvalue weighted by Gasteiger charge is -2.16. The van der Waals surface area contributed by atoms with E-state index in [-0.39, 0.29) is 12.5 Å². The molecule has 1 N–H and O–H groups in total. The predicted octanol–water partition coefficient (Wildman–Crippen LogP) is 0.564. The van der Waals surface area contributed by atoms with Crippen LogP contribution in [0.2, 0.25) is 0 Å². The maximum absolute atomic E-state index is 11.4. The molecule has 0 aromatic rings. The number of esters is 1. The van der Waals surface area contributed by atoms with Crippen LogP contribution in [0.25, 0.3) is 0 Å². The van der Waals surface area contributed by atoms with Crippen molar-refractivity contribution < 1.29 is 14.3 Å². The van der Waals surface area contributed by atoms with Crippen molar-refractivity contribution in [1.82, 2.24) is 10.2 Å². The molecule has 0 unspecified atom stereocenters. The van der Waals surface area contributed by atoms with Crippen molar-refractivity contribution in [3.05, 3.63) is 12.2 Å². The van der Waals surface area contributed by atoms with Gasteiger partial charge in [-0.3, -0.25) is 9.69 Å². The van der Waals surface area contributed by atoms with E-state index in [4.69, 9.17) is 4.74 Å². The van der Waals surface area contributed by atoms with Crippen molar-refractivity contribution >= 4 is 11.9 Å². The van der Waals surface area contributed by atoms with Crippen LogP contribution in [0.3, 0.4) is 0 Å². The highest BCUT2D eigenvalue weighted by atomic mass is 16.5.